The van der Waals surface area contributed by atoms with Gasteiger partial charge in [0.25, 0.3) is 0 Å². The molecular weight excluding hydrogens is 389 g/mol. The molecular formula is C19H21F3N4O3. The predicted molar refractivity (Wildman–Crippen MR) is 99.3 cm³/mol. The smallest absolute Gasteiger partial charge is 0.437 e. The Balaban J connectivity index is 1.72. The van der Waals surface area contributed by atoms with Gasteiger partial charge in [-0.1, -0.05) is 18.9 Å². The lowest BCUT2D eigenvalue weighted by atomic mass is 10.1. The maximum absolute atomic E-state index is 13.4. The van der Waals surface area contributed by atoms with Crippen LogP contribution in [0.4, 0.5) is 29.6 Å². The van der Waals surface area contributed by atoms with Crippen LogP contribution in [0.1, 0.15) is 31.4 Å². The molecule has 2 N–H and O–H groups in total. The molecule has 1 saturated carbocycles. The third-order valence-corrected chi connectivity index (χ3v) is 4.56. The predicted octanol–water partition coefficient (Wildman–Crippen LogP) is 4.53. The van der Waals surface area contributed by atoms with Crippen molar-refractivity contribution in [2.24, 2.45) is 5.92 Å². The number of anilines is 2. The number of ether oxygens (including phenoxy) is 2. The Hall–Kier alpha value is -3.04. The van der Waals surface area contributed by atoms with E-state index < -0.39 is 23.7 Å². The van der Waals surface area contributed by atoms with Gasteiger partial charge in [-0.15, -0.1) is 0 Å². The molecule has 1 aliphatic rings. The Morgan fingerprint density at radius 2 is 2.03 bits per heavy atom. The minimum absolute atomic E-state index is 0.288. The highest BCUT2D eigenvalue weighted by Gasteiger charge is 2.38. The number of methoxy groups -OCH3 is 1. The lowest BCUT2D eigenvalue weighted by Crippen LogP contribution is -2.31. The van der Waals surface area contributed by atoms with Crippen molar-refractivity contribution in [1.29, 1.82) is 0 Å². The highest BCUT2D eigenvalue weighted by atomic mass is 19.4. The molecule has 3 rings (SSSR count). The van der Waals surface area contributed by atoms with E-state index in [2.05, 4.69) is 20.6 Å². The number of carbonyl (C=O) groups excluding carboxylic acids is 1. The minimum Gasteiger partial charge on any atom is -0.497 e. The minimum atomic E-state index is -4.82. The van der Waals surface area contributed by atoms with E-state index in [1.807, 2.05) is 0 Å². The van der Waals surface area contributed by atoms with Crippen LogP contribution in [0, 0.1) is 5.92 Å². The standard InChI is InChI=1S/C19H21F3N4O3/c1-28-14-8-4-7-13(9-14)25-17-23-11-15(16(26-17)19(20,21)22)29-18(27)24-10-12-5-2-3-6-12/h4,7-9,11-12H,2-3,5-6,10H2,1H3,(H,24,27)(H,23,25,26). The van der Waals surface area contributed by atoms with Gasteiger partial charge in [-0.2, -0.15) is 13.2 Å². The number of aromatic nitrogens is 2. The summed E-state index contributed by atoms with van der Waals surface area (Å²) >= 11 is 0. The van der Waals surface area contributed by atoms with Crippen molar-refractivity contribution in [2.45, 2.75) is 31.9 Å². The van der Waals surface area contributed by atoms with E-state index in [0.717, 1.165) is 31.9 Å². The van der Waals surface area contributed by atoms with Crippen molar-refractivity contribution in [3.05, 3.63) is 36.2 Å². The summed E-state index contributed by atoms with van der Waals surface area (Å²) in [5.74, 6) is -0.192. The highest BCUT2D eigenvalue weighted by Crippen LogP contribution is 2.35. The fourth-order valence-corrected chi connectivity index (χ4v) is 3.12. The van der Waals surface area contributed by atoms with Gasteiger partial charge in [-0.05, 0) is 30.9 Å². The zero-order valence-electron chi connectivity index (χ0n) is 15.8. The first-order valence-electron chi connectivity index (χ1n) is 9.16. The molecule has 0 saturated heterocycles. The monoisotopic (exact) mass is 410 g/mol. The fourth-order valence-electron chi connectivity index (χ4n) is 3.12. The third-order valence-electron chi connectivity index (χ3n) is 4.56. The Kier molecular flexibility index (Phi) is 6.40. The van der Waals surface area contributed by atoms with Crippen LogP contribution in [-0.2, 0) is 6.18 Å². The summed E-state index contributed by atoms with van der Waals surface area (Å²) in [5.41, 5.74) is -0.894. The van der Waals surface area contributed by atoms with Gasteiger partial charge >= 0.3 is 12.3 Å². The summed E-state index contributed by atoms with van der Waals surface area (Å²) in [5, 5.41) is 5.18. The van der Waals surface area contributed by atoms with E-state index in [4.69, 9.17) is 9.47 Å². The van der Waals surface area contributed by atoms with Gasteiger partial charge in [-0.3, -0.25) is 0 Å². The maximum Gasteiger partial charge on any atom is 0.437 e. The first kappa shape index (κ1) is 20.7. The van der Waals surface area contributed by atoms with Crippen LogP contribution in [0.5, 0.6) is 11.5 Å². The molecule has 1 aliphatic carbocycles. The van der Waals surface area contributed by atoms with Crippen LogP contribution >= 0.6 is 0 Å². The van der Waals surface area contributed by atoms with Crippen LogP contribution in [0.25, 0.3) is 0 Å². The highest BCUT2D eigenvalue weighted by molar-refractivity contribution is 5.70. The van der Waals surface area contributed by atoms with Crippen molar-refractivity contribution in [3.8, 4) is 11.5 Å². The molecule has 156 valence electrons. The molecule has 0 radical (unpaired) electrons. The van der Waals surface area contributed by atoms with Gasteiger partial charge in [0, 0.05) is 18.3 Å². The number of carbonyl (C=O) groups is 1. The van der Waals surface area contributed by atoms with E-state index in [9.17, 15) is 18.0 Å². The molecule has 1 aromatic heterocycles. The van der Waals surface area contributed by atoms with Crippen LogP contribution in [0.2, 0.25) is 0 Å². The first-order valence-corrected chi connectivity index (χ1v) is 9.16. The van der Waals surface area contributed by atoms with Gasteiger partial charge in [0.05, 0.1) is 13.3 Å². The van der Waals surface area contributed by atoms with Crippen LogP contribution < -0.4 is 20.1 Å². The molecule has 0 unspecified atom stereocenters. The summed E-state index contributed by atoms with van der Waals surface area (Å²) in [4.78, 5) is 19.2. The zero-order chi connectivity index (χ0) is 20.9. The number of hydrogen-bond acceptors (Lipinski definition) is 6. The average Bonchev–Trinajstić information content (AvgIpc) is 3.20. The van der Waals surface area contributed by atoms with E-state index >= 15 is 0 Å². The molecule has 1 heterocycles. The van der Waals surface area contributed by atoms with E-state index in [1.54, 1.807) is 24.3 Å². The van der Waals surface area contributed by atoms with Crippen molar-refractivity contribution in [2.75, 3.05) is 19.0 Å². The Morgan fingerprint density at radius 3 is 2.72 bits per heavy atom. The van der Waals surface area contributed by atoms with Crippen LogP contribution in [0.15, 0.2) is 30.5 Å². The molecule has 10 heteroatoms. The van der Waals surface area contributed by atoms with E-state index in [0.29, 0.717) is 23.9 Å². The van der Waals surface area contributed by atoms with Gasteiger partial charge in [0.2, 0.25) is 5.95 Å². The second-order valence-corrected chi connectivity index (χ2v) is 6.68. The second-order valence-electron chi connectivity index (χ2n) is 6.68. The molecule has 0 aliphatic heterocycles. The summed E-state index contributed by atoms with van der Waals surface area (Å²) in [6.07, 6.45) is -0.796. The third kappa shape index (κ3) is 5.72. The number of benzene rings is 1. The number of nitrogens with one attached hydrogen (secondary N) is 2. The van der Waals surface area contributed by atoms with Crippen molar-refractivity contribution >= 4 is 17.7 Å². The van der Waals surface area contributed by atoms with Gasteiger partial charge in [0.1, 0.15) is 5.75 Å². The van der Waals surface area contributed by atoms with Crippen LogP contribution in [0.3, 0.4) is 0 Å². The largest absolute Gasteiger partial charge is 0.497 e. The van der Waals surface area contributed by atoms with Crippen molar-refractivity contribution in [3.63, 3.8) is 0 Å². The number of halogens is 3. The Bertz CT molecular complexity index is 855. The van der Waals surface area contributed by atoms with E-state index in [1.165, 1.54) is 7.11 Å². The number of alkyl halides is 3. The summed E-state index contributed by atoms with van der Waals surface area (Å²) in [6.45, 7) is 0.372. The number of amides is 1. The van der Waals surface area contributed by atoms with Gasteiger partial charge < -0.3 is 20.1 Å². The SMILES string of the molecule is COc1cccc(Nc2ncc(OC(=O)NCC3CCCC3)c(C(F)(F)F)n2)c1. The first-order chi connectivity index (χ1) is 13.8. The van der Waals surface area contributed by atoms with Gasteiger partial charge in [0.15, 0.2) is 11.4 Å². The van der Waals surface area contributed by atoms with Crippen LogP contribution in [-0.4, -0.2) is 29.7 Å². The molecule has 1 fully saturated rings. The summed E-state index contributed by atoms with van der Waals surface area (Å²) in [6, 6.07) is 6.56. The molecule has 1 amide bonds. The van der Waals surface area contributed by atoms with Crippen molar-refractivity contribution < 1.29 is 27.4 Å². The fraction of sp³-hybridized carbons (Fsp3) is 0.421. The topological polar surface area (TPSA) is 85.4 Å². The maximum atomic E-state index is 13.4. The number of nitrogens with zero attached hydrogens (tertiary/aromatic N) is 2. The van der Waals surface area contributed by atoms with Crippen molar-refractivity contribution in [1.82, 2.24) is 15.3 Å². The average molecular weight is 410 g/mol. The second kappa shape index (κ2) is 8.97. The Morgan fingerprint density at radius 1 is 1.28 bits per heavy atom. The number of rotatable bonds is 6. The quantitative estimate of drug-likeness (QED) is 0.728. The molecule has 7 nitrogen and oxygen atoms in total. The zero-order valence-corrected chi connectivity index (χ0v) is 15.8. The molecule has 29 heavy (non-hydrogen) atoms. The molecule has 2 aromatic rings. The molecule has 0 spiro atoms. The molecule has 0 bridgehead atoms. The van der Waals surface area contributed by atoms with E-state index in [-0.39, 0.29) is 5.95 Å². The number of hydrogen-bond donors (Lipinski definition) is 2. The summed E-state index contributed by atoms with van der Waals surface area (Å²) in [7, 11) is 1.47. The Labute approximate surface area is 165 Å². The molecule has 1 aromatic carbocycles. The summed E-state index contributed by atoms with van der Waals surface area (Å²) < 4.78 is 50.2. The molecule has 0 atom stereocenters. The van der Waals surface area contributed by atoms with Gasteiger partial charge in [-0.25, -0.2) is 14.8 Å². The lowest BCUT2D eigenvalue weighted by molar-refractivity contribution is -0.142. The normalized spacial score (nSPS) is 14.5. The lowest BCUT2D eigenvalue weighted by Gasteiger charge is -2.15.